The number of hydrogen-bond donors (Lipinski definition) is 1. The largest absolute Gasteiger partial charge is 0.494 e. The standard InChI is InChI=1S/C15H21NO6S/c1-4-22-12-5-6-13(11(2)7-12)23(19,20)16-8-15(9-16,10-21-3)14(17)18/h5-7H,4,8-10H2,1-3H3,(H,17,18). The molecule has 0 aromatic heterocycles. The Balaban J connectivity index is 2.23. The zero-order chi connectivity index (χ0) is 17.3. The molecule has 0 bridgehead atoms. The summed E-state index contributed by atoms with van der Waals surface area (Å²) in [5, 5.41) is 9.30. The summed E-state index contributed by atoms with van der Waals surface area (Å²) in [4.78, 5) is 11.5. The minimum absolute atomic E-state index is 0.0172. The van der Waals surface area contributed by atoms with Gasteiger partial charge < -0.3 is 14.6 Å². The highest BCUT2D eigenvalue weighted by atomic mass is 32.2. The zero-order valence-corrected chi connectivity index (χ0v) is 14.2. The van der Waals surface area contributed by atoms with Gasteiger partial charge in [0.2, 0.25) is 10.0 Å². The number of ether oxygens (including phenoxy) is 2. The summed E-state index contributed by atoms with van der Waals surface area (Å²) >= 11 is 0. The normalized spacial score (nSPS) is 17.5. The van der Waals surface area contributed by atoms with Gasteiger partial charge in [-0.15, -0.1) is 0 Å². The van der Waals surface area contributed by atoms with E-state index >= 15 is 0 Å². The molecule has 1 fully saturated rings. The van der Waals surface area contributed by atoms with Crippen LogP contribution in [-0.2, 0) is 19.6 Å². The predicted octanol–water partition coefficient (Wildman–Crippen LogP) is 1.12. The van der Waals surface area contributed by atoms with Crippen LogP contribution in [0.25, 0.3) is 0 Å². The van der Waals surface area contributed by atoms with Crippen molar-refractivity contribution >= 4 is 16.0 Å². The quantitative estimate of drug-likeness (QED) is 0.797. The average molecular weight is 343 g/mol. The Hall–Kier alpha value is -1.64. The van der Waals surface area contributed by atoms with E-state index in [1.54, 1.807) is 19.1 Å². The first-order valence-electron chi connectivity index (χ1n) is 7.23. The van der Waals surface area contributed by atoms with Gasteiger partial charge in [0.1, 0.15) is 11.2 Å². The van der Waals surface area contributed by atoms with Gasteiger partial charge in [-0.3, -0.25) is 4.79 Å². The molecule has 7 nitrogen and oxygen atoms in total. The second-order valence-electron chi connectivity index (χ2n) is 5.65. The molecule has 0 atom stereocenters. The lowest BCUT2D eigenvalue weighted by Crippen LogP contribution is -2.64. The number of carboxylic acids is 1. The maximum absolute atomic E-state index is 12.7. The lowest BCUT2D eigenvalue weighted by atomic mass is 9.83. The predicted molar refractivity (Wildman–Crippen MR) is 83.1 cm³/mol. The third-order valence-electron chi connectivity index (χ3n) is 3.91. The number of aryl methyl sites for hydroxylation is 1. The number of aliphatic carboxylic acids is 1. The van der Waals surface area contributed by atoms with Crippen LogP contribution < -0.4 is 4.74 Å². The van der Waals surface area contributed by atoms with Crippen LogP contribution in [0.4, 0.5) is 0 Å². The number of carboxylic acid groups (broad SMARTS) is 1. The molecule has 1 N–H and O–H groups in total. The summed E-state index contributed by atoms with van der Waals surface area (Å²) in [5.74, 6) is -0.443. The van der Waals surface area contributed by atoms with Crippen molar-refractivity contribution in [2.24, 2.45) is 5.41 Å². The molecular weight excluding hydrogens is 322 g/mol. The Kier molecular flexibility index (Phi) is 4.98. The zero-order valence-electron chi connectivity index (χ0n) is 13.4. The molecule has 128 valence electrons. The van der Waals surface area contributed by atoms with Crippen molar-refractivity contribution in [3.8, 4) is 5.75 Å². The van der Waals surface area contributed by atoms with Crippen molar-refractivity contribution in [3.63, 3.8) is 0 Å². The maximum atomic E-state index is 12.7. The van der Waals surface area contributed by atoms with Gasteiger partial charge in [-0.25, -0.2) is 8.42 Å². The third-order valence-corrected chi connectivity index (χ3v) is 5.86. The van der Waals surface area contributed by atoms with E-state index in [-0.39, 0.29) is 24.6 Å². The second-order valence-corrected chi connectivity index (χ2v) is 7.56. The Morgan fingerprint density at radius 1 is 1.39 bits per heavy atom. The van der Waals surface area contributed by atoms with Crippen LogP contribution in [0, 0.1) is 12.3 Å². The first kappa shape index (κ1) is 17.7. The number of nitrogens with zero attached hydrogens (tertiary/aromatic N) is 1. The van der Waals surface area contributed by atoms with E-state index in [4.69, 9.17) is 9.47 Å². The summed E-state index contributed by atoms with van der Waals surface area (Å²) in [6, 6.07) is 4.76. The second kappa shape index (κ2) is 6.46. The van der Waals surface area contributed by atoms with E-state index in [9.17, 15) is 18.3 Å². The molecule has 2 rings (SSSR count). The Labute approximate surface area is 135 Å². The minimum Gasteiger partial charge on any atom is -0.494 e. The van der Waals surface area contributed by atoms with Crippen LogP contribution in [0.15, 0.2) is 23.1 Å². The molecule has 1 aliphatic rings. The van der Waals surface area contributed by atoms with E-state index in [0.29, 0.717) is 17.9 Å². The van der Waals surface area contributed by atoms with Gasteiger partial charge in [0.15, 0.2) is 0 Å². The molecule has 1 heterocycles. The van der Waals surface area contributed by atoms with Crippen molar-refractivity contribution in [2.75, 3.05) is 33.4 Å². The highest BCUT2D eigenvalue weighted by Crippen LogP contribution is 2.36. The van der Waals surface area contributed by atoms with Crippen LogP contribution in [0.5, 0.6) is 5.75 Å². The minimum atomic E-state index is -3.73. The Bertz CT molecular complexity index is 694. The molecule has 1 aromatic carbocycles. The van der Waals surface area contributed by atoms with E-state index in [2.05, 4.69) is 0 Å². The molecule has 0 aliphatic carbocycles. The number of methoxy groups -OCH3 is 1. The molecule has 0 amide bonds. The van der Waals surface area contributed by atoms with Gasteiger partial charge in [0, 0.05) is 20.2 Å². The number of hydrogen-bond acceptors (Lipinski definition) is 5. The third kappa shape index (κ3) is 3.19. The number of benzene rings is 1. The highest BCUT2D eigenvalue weighted by Gasteiger charge is 2.54. The average Bonchev–Trinajstić information content (AvgIpc) is 2.41. The van der Waals surface area contributed by atoms with Gasteiger partial charge in [-0.1, -0.05) is 0 Å². The fourth-order valence-corrected chi connectivity index (χ4v) is 4.49. The molecule has 0 unspecified atom stereocenters. The van der Waals surface area contributed by atoms with Crippen molar-refractivity contribution in [2.45, 2.75) is 18.7 Å². The lowest BCUT2D eigenvalue weighted by Gasteiger charge is -2.45. The molecule has 0 radical (unpaired) electrons. The molecule has 8 heteroatoms. The molecular formula is C15H21NO6S. The van der Waals surface area contributed by atoms with Crippen molar-refractivity contribution in [3.05, 3.63) is 23.8 Å². The fourth-order valence-electron chi connectivity index (χ4n) is 2.67. The number of rotatable bonds is 7. The fraction of sp³-hybridized carbons (Fsp3) is 0.533. The summed E-state index contributed by atoms with van der Waals surface area (Å²) in [7, 11) is -2.33. The molecule has 1 aromatic rings. The lowest BCUT2D eigenvalue weighted by molar-refractivity contribution is -0.161. The van der Waals surface area contributed by atoms with Crippen molar-refractivity contribution in [1.29, 1.82) is 0 Å². The topological polar surface area (TPSA) is 93.1 Å². The van der Waals surface area contributed by atoms with Crippen LogP contribution in [-0.4, -0.2) is 57.2 Å². The van der Waals surface area contributed by atoms with Gasteiger partial charge in [0.25, 0.3) is 0 Å². The molecule has 1 aliphatic heterocycles. The number of carbonyl (C=O) groups is 1. The first-order valence-corrected chi connectivity index (χ1v) is 8.67. The van der Waals surface area contributed by atoms with Gasteiger partial charge in [0.05, 0.1) is 18.1 Å². The Morgan fingerprint density at radius 2 is 2.04 bits per heavy atom. The van der Waals surface area contributed by atoms with E-state index in [1.165, 1.54) is 17.5 Å². The van der Waals surface area contributed by atoms with E-state index in [1.807, 2.05) is 6.92 Å². The van der Waals surface area contributed by atoms with Crippen molar-refractivity contribution in [1.82, 2.24) is 4.31 Å². The summed E-state index contributed by atoms with van der Waals surface area (Å²) in [6.45, 7) is 3.83. The Morgan fingerprint density at radius 3 is 2.52 bits per heavy atom. The smallest absolute Gasteiger partial charge is 0.314 e. The summed E-state index contributed by atoms with van der Waals surface area (Å²) < 4.78 is 36.8. The van der Waals surface area contributed by atoms with Crippen LogP contribution in [0.1, 0.15) is 12.5 Å². The molecule has 1 saturated heterocycles. The van der Waals surface area contributed by atoms with Gasteiger partial charge in [-0.05, 0) is 37.6 Å². The SMILES string of the molecule is CCOc1ccc(S(=O)(=O)N2CC(COC)(C(=O)O)C2)c(C)c1. The molecule has 0 spiro atoms. The van der Waals surface area contributed by atoms with Crippen LogP contribution in [0.2, 0.25) is 0 Å². The molecule has 0 saturated carbocycles. The van der Waals surface area contributed by atoms with Crippen molar-refractivity contribution < 1.29 is 27.8 Å². The van der Waals surface area contributed by atoms with E-state index < -0.39 is 21.4 Å². The summed E-state index contributed by atoms with van der Waals surface area (Å²) in [5.41, 5.74) is -0.600. The molecule has 23 heavy (non-hydrogen) atoms. The van der Waals surface area contributed by atoms with E-state index in [0.717, 1.165) is 0 Å². The van der Waals surface area contributed by atoms with Crippen LogP contribution >= 0.6 is 0 Å². The summed E-state index contributed by atoms with van der Waals surface area (Å²) in [6.07, 6.45) is 0. The van der Waals surface area contributed by atoms with Crippen LogP contribution in [0.3, 0.4) is 0 Å². The van der Waals surface area contributed by atoms with Gasteiger partial charge >= 0.3 is 5.97 Å². The number of sulfonamides is 1. The first-order chi connectivity index (χ1) is 10.8. The monoisotopic (exact) mass is 343 g/mol. The maximum Gasteiger partial charge on any atom is 0.314 e. The van der Waals surface area contributed by atoms with Gasteiger partial charge in [-0.2, -0.15) is 4.31 Å². The highest BCUT2D eigenvalue weighted by molar-refractivity contribution is 7.89.